The molecule has 0 saturated carbocycles. The topological polar surface area (TPSA) is 73.8 Å². The van der Waals surface area contributed by atoms with Crippen molar-refractivity contribution in [2.24, 2.45) is 5.92 Å². The van der Waals surface area contributed by atoms with Crippen LogP contribution in [0, 0.1) is 5.92 Å². The van der Waals surface area contributed by atoms with Gasteiger partial charge in [-0.25, -0.2) is 0 Å². The van der Waals surface area contributed by atoms with Gasteiger partial charge in [-0.1, -0.05) is 42.7 Å². The van der Waals surface area contributed by atoms with Crippen LogP contribution in [0.25, 0.3) is 6.08 Å². The number of furan rings is 1. The Morgan fingerprint density at radius 2 is 2.04 bits per heavy atom. The number of allylic oxidation sites excluding steroid dienone is 1. The van der Waals surface area contributed by atoms with E-state index in [-0.39, 0.29) is 5.75 Å². The van der Waals surface area contributed by atoms with Gasteiger partial charge in [0, 0.05) is 5.92 Å². The van der Waals surface area contributed by atoms with Gasteiger partial charge in [0.15, 0.2) is 0 Å². The van der Waals surface area contributed by atoms with Crippen LogP contribution in [0.2, 0.25) is 5.02 Å². The number of aromatic hydroxyl groups is 1. The lowest BCUT2D eigenvalue weighted by Gasteiger charge is -2.24. The molecule has 27 heavy (non-hydrogen) atoms. The Balaban J connectivity index is 2.07. The Kier molecular flexibility index (Phi) is 8.17. The first-order valence-electron chi connectivity index (χ1n) is 9.16. The minimum absolute atomic E-state index is 0.130. The number of aliphatic hydroxyl groups is 2. The molecule has 0 fully saturated rings. The summed E-state index contributed by atoms with van der Waals surface area (Å²) in [5.74, 6) is 0.0285. The van der Waals surface area contributed by atoms with Crippen molar-refractivity contribution >= 4 is 17.7 Å². The Hall–Kier alpha value is -2.01. The molecule has 0 spiro atoms. The summed E-state index contributed by atoms with van der Waals surface area (Å²) in [5, 5.41) is 31.0. The fraction of sp³-hybridized carbons (Fsp3) is 0.364. The van der Waals surface area contributed by atoms with Crippen LogP contribution in [0.3, 0.4) is 0 Å². The van der Waals surface area contributed by atoms with Crippen molar-refractivity contribution in [2.75, 3.05) is 0 Å². The number of hydrogen-bond acceptors (Lipinski definition) is 4. The molecule has 1 aromatic carbocycles. The Morgan fingerprint density at radius 3 is 2.63 bits per heavy atom. The highest BCUT2D eigenvalue weighted by molar-refractivity contribution is 6.32. The summed E-state index contributed by atoms with van der Waals surface area (Å²) in [7, 11) is 0. The van der Waals surface area contributed by atoms with Crippen molar-refractivity contribution in [2.45, 2.75) is 44.8 Å². The Labute approximate surface area is 165 Å². The molecule has 4 nitrogen and oxygen atoms in total. The van der Waals surface area contributed by atoms with Crippen LogP contribution in [-0.2, 0) is 0 Å². The molecular formula is C22H27ClO4. The molecule has 0 bridgehead atoms. The van der Waals surface area contributed by atoms with Gasteiger partial charge in [-0.15, -0.1) is 6.58 Å². The van der Waals surface area contributed by atoms with Crippen LogP contribution >= 0.6 is 11.6 Å². The van der Waals surface area contributed by atoms with Gasteiger partial charge in [-0.3, -0.25) is 0 Å². The average molecular weight is 391 g/mol. The Bertz CT molecular complexity index is 752. The monoisotopic (exact) mass is 390 g/mol. The number of halogens is 1. The first kappa shape index (κ1) is 21.3. The molecule has 2 rings (SSSR count). The van der Waals surface area contributed by atoms with Crippen molar-refractivity contribution in [3.8, 4) is 5.75 Å². The molecular weight excluding hydrogens is 364 g/mol. The van der Waals surface area contributed by atoms with E-state index < -0.39 is 18.1 Å². The fourth-order valence-electron chi connectivity index (χ4n) is 3.11. The van der Waals surface area contributed by atoms with E-state index in [9.17, 15) is 15.3 Å². The lowest BCUT2D eigenvalue weighted by molar-refractivity contribution is 0.0207. The third-order valence-electron chi connectivity index (χ3n) is 4.59. The van der Waals surface area contributed by atoms with E-state index in [1.165, 1.54) is 12.3 Å². The minimum atomic E-state index is -0.933. The largest absolute Gasteiger partial charge is 0.508 e. The zero-order valence-corrected chi connectivity index (χ0v) is 16.3. The number of benzene rings is 1. The van der Waals surface area contributed by atoms with E-state index in [1.54, 1.807) is 30.3 Å². The molecule has 0 saturated heterocycles. The summed E-state index contributed by atoms with van der Waals surface area (Å²) in [4.78, 5) is 0. The molecule has 1 aromatic heterocycles. The molecule has 0 amide bonds. The maximum Gasteiger partial charge on any atom is 0.132 e. The highest BCUT2D eigenvalue weighted by Crippen LogP contribution is 2.30. The predicted molar refractivity (Wildman–Crippen MR) is 109 cm³/mol. The summed E-state index contributed by atoms with van der Waals surface area (Å²) in [6, 6.07) is 8.28. The second-order valence-electron chi connectivity index (χ2n) is 6.64. The molecule has 3 atom stereocenters. The lowest BCUT2D eigenvalue weighted by atomic mass is 9.89. The Morgan fingerprint density at radius 1 is 1.26 bits per heavy atom. The number of phenolic OH excluding ortho intramolecular Hbond substituents is 1. The highest BCUT2D eigenvalue weighted by atomic mass is 35.5. The number of rotatable bonds is 10. The van der Waals surface area contributed by atoms with Gasteiger partial charge in [0.1, 0.15) is 17.6 Å². The molecule has 3 N–H and O–H groups in total. The fourth-order valence-corrected chi connectivity index (χ4v) is 3.34. The normalized spacial score (nSPS) is 15.3. The second-order valence-corrected chi connectivity index (χ2v) is 7.04. The van der Waals surface area contributed by atoms with Crippen molar-refractivity contribution in [1.82, 2.24) is 0 Å². The zero-order chi connectivity index (χ0) is 19.8. The van der Waals surface area contributed by atoms with E-state index in [0.717, 1.165) is 24.0 Å². The molecule has 0 aliphatic rings. The summed E-state index contributed by atoms with van der Waals surface area (Å²) in [6.07, 6.45) is 6.38. The summed E-state index contributed by atoms with van der Waals surface area (Å²) >= 11 is 6.20. The van der Waals surface area contributed by atoms with Crippen LogP contribution in [-0.4, -0.2) is 21.4 Å². The molecule has 146 valence electrons. The van der Waals surface area contributed by atoms with Gasteiger partial charge in [-0.2, -0.15) is 0 Å². The summed E-state index contributed by atoms with van der Waals surface area (Å²) in [5.41, 5.74) is 1.99. The second kappa shape index (κ2) is 10.4. The lowest BCUT2D eigenvalue weighted by Crippen LogP contribution is -2.25. The molecule has 5 heteroatoms. The van der Waals surface area contributed by atoms with Crippen molar-refractivity contribution in [3.05, 3.63) is 71.2 Å². The van der Waals surface area contributed by atoms with Crippen LogP contribution in [0.15, 0.2) is 59.2 Å². The van der Waals surface area contributed by atoms with Crippen LogP contribution in [0.5, 0.6) is 5.75 Å². The van der Waals surface area contributed by atoms with E-state index in [4.69, 9.17) is 16.0 Å². The van der Waals surface area contributed by atoms with Crippen molar-refractivity contribution in [1.29, 1.82) is 0 Å². The predicted octanol–water partition coefficient (Wildman–Crippen LogP) is 5.50. The van der Waals surface area contributed by atoms with E-state index in [0.29, 0.717) is 23.6 Å². The number of hydrogen-bond donors (Lipinski definition) is 3. The number of aliphatic hydroxyl groups excluding tert-OH is 2. The van der Waals surface area contributed by atoms with Crippen molar-refractivity contribution < 1.29 is 19.7 Å². The molecule has 0 unspecified atom stereocenters. The van der Waals surface area contributed by atoms with Crippen LogP contribution < -0.4 is 0 Å². The molecule has 0 radical (unpaired) electrons. The van der Waals surface area contributed by atoms with Gasteiger partial charge < -0.3 is 19.7 Å². The van der Waals surface area contributed by atoms with Crippen LogP contribution in [0.1, 0.15) is 50.0 Å². The van der Waals surface area contributed by atoms with Gasteiger partial charge in [0.25, 0.3) is 0 Å². The van der Waals surface area contributed by atoms with Gasteiger partial charge in [-0.05, 0) is 55.2 Å². The van der Waals surface area contributed by atoms with Gasteiger partial charge >= 0.3 is 0 Å². The SMILES string of the molecule is C=C[C@H]([C@H](O)CC/C(=C/c1ccc(O)cc1Cl)CCC)[C@H](O)c1ccco1. The first-order chi connectivity index (χ1) is 13.0. The van der Waals surface area contributed by atoms with E-state index in [1.807, 2.05) is 6.08 Å². The molecule has 2 aromatic rings. The standard InChI is InChI=1S/C22H27ClO4/c1-3-6-15(13-16-9-10-17(24)14-19(16)23)8-11-20(25)18(4-2)22(26)21-7-5-12-27-21/h4-5,7,9-10,12-14,18,20,22,24-26H,2-3,6,8,11H2,1H3/b15-13+/t18-,20-,22+/m1/s1. The van der Waals surface area contributed by atoms with Gasteiger partial charge in [0.2, 0.25) is 0 Å². The summed E-state index contributed by atoms with van der Waals surface area (Å²) in [6.45, 7) is 5.84. The maximum atomic E-state index is 10.6. The quantitative estimate of drug-likeness (QED) is 0.468. The third kappa shape index (κ3) is 5.99. The molecule has 1 heterocycles. The zero-order valence-electron chi connectivity index (χ0n) is 15.5. The minimum Gasteiger partial charge on any atom is -0.508 e. The van der Waals surface area contributed by atoms with E-state index in [2.05, 4.69) is 13.5 Å². The van der Waals surface area contributed by atoms with Crippen molar-refractivity contribution in [3.63, 3.8) is 0 Å². The van der Waals surface area contributed by atoms with E-state index >= 15 is 0 Å². The smallest absolute Gasteiger partial charge is 0.132 e. The maximum absolute atomic E-state index is 10.6. The summed E-state index contributed by atoms with van der Waals surface area (Å²) < 4.78 is 5.24. The third-order valence-corrected chi connectivity index (χ3v) is 4.92. The molecule has 0 aliphatic carbocycles. The number of phenols is 1. The van der Waals surface area contributed by atoms with Crippen LogP contribution in [0.4, 0.5) is 0 Å². The average Bonchev–Trinajstić information content (AvgIpc) is 3.17. The highest BCUT2D eigenvalue weighted by Gasteiger charge is 2.27. The van der Waals surface area contributed by atoms with Gasteiger partial charge in [0.05, 0.1) is 17.4 Å². The first-order valence-corrected chi connectivity index (χ1v) is 9.54. The molecule has 0 aliphatic heterocycles.